The highest BCUT2D eigenvalue weighted by Crippen LogP contribution is 2.27. The molecule has 0 aliphatic heterocycles. The number of aromatic nitrogens is 4. The number of esters is 3. The molecule has 0 aromatic carbocycles. The first-order valence-electron chi connectivity index (χ1n) is 9.97. The second-order valence-corrected chi connectivity index (χ2v) is 9.44. The van der Waals surface area contributed by atoms with Crippen molar-refractivity contribution in [1.29, 1.82) is 0 Å². The van der Waals surface area contributed by atoms with Gasteiger partial charge in [0.25, 0.3) is 0 Å². The van der Waals surface area contributed by atoms with Gasteiger partial charge < -0.3 is 18.4 Å². The van der Waals surface area contributed by atoms with E-state index in [2.05, 4.69) is 23.9 Å². The molecule has 0 atom stereocenters. The van der Waals surface area contributed by atoms with Crippen molar-refractivity contribution in [3.63, 3.8) is 0 Å². The van der Waals surface area contributed by atoms with Gasteiger partial charge in [0.1, 0.15) is 5.60 Å². The van der Waals surface area contributed by atoms with Crippen molar-refractivity contribution in [2.24, 2.45) is 14.1 Å². The van der Waals surface area contributed by atoms with Crippen LogP contribution < -0.4 is 4.18 Å². The highest BCUT2D eigenvalue weighted by molar-refractivity contribution is 7.87. The van der Waals surface area contributed by atoms with E-state index >= 15 is 0 Å². The first-order valence-corrected chi connectivity index (χ1v) is 11.4. The van der Waals surface area contributed by atoms with Crippen molar-refractivity contribution < 1.29 is 54.4 Å². The van der Waals surface area contributed by atoms with Crippen molar-refractivity contribution in [2.75, 3.05) is 14.2 Å². The lowest BCUT2D eigenvalue weighted by atomic mass is 10.2. The molecule has 0 bridgehead atoms. The molecule has 0 aliphatic rings. The Balaban J connectivity index is 0.000000371. The topological polar surface area (TPSA) is 158 Å². The molecule has 2 aromatic rings. The number of alkyl halides is 3. The Kier molecular flexibility index (Phi) is 10.0. The zero-order chi connectivity index (χ0) is 28.8. The molecule has 0 unspecified atom stereocenters. The Morgan fingerprint density at radius 3 is 1.86 bits per heavy atom. The number of aryl methyl sites for hydroxylation is 2. The molecule has 0 saturated heterocycles. The maximum absolute atomic E-state index is 12.0. The fraction of sp³-hybridized carbons (Fsp3) is 0.450. The van der Waals surface area contributed by atoms with Gasteiger partial charge in [-0.1, -0.05) is 0 Å². The minimum Gasteiger partial charge on any atom is -0.464 e. The summed E-state index contributed by atoms with van der Waals surface area (Å²) >= 11 is 0. The number of rotatable bonds is 6. The highest BCUT2D eigenvalue weighted by Gasteiger charge is 2.49. The zero-order valence-electron chi connectivity index (χ0n) is 20.8. The highest BCUT2D eigenvalue weighted by atomic mass is 32.2. The Bertz CT molecular complexity index is 1270. The fourth-order valence-corrected chi connectivity index (χ4v) is 2.70. The molecule has 206 valence electrons. The van der Waals surface area contributed by atoms with Crippen molar-refractivity contribution in [2.45, 2.75) is 31.9 Å². The molecule has 0 N–H and O–H groups in total. The molecule has 0 saturated carbocycles. The van der Waals surface area contributed by atoms with E-state index in [4.69, 9.17) is 4.74 Å². The van der Waals surface area contributed by atoms with Gasteiger partial charge in [0.2, 0.25) is 5.88 Å². The fourth-order valence-electron chi connectivity index (χ4n) is 2.22. The van der Waals surface area contributed by atoms with Gasteiger partial charge in [-0.25, -0.2) is 19.1 Å². The van der Waals surface area contributed by atoms with Gasteiger partial charge in [-0.15, -0.1) is 0 Å². The minimum absolute atomic E-state index is 0.189. The average molecular weight is 555 g/mol. The van der Waals surface area contributed by atoms with Gasteiger partial charge in [0.15, 0.2) is 11.4 Å². The van der Waals surface area contributed by atoms with E-state index in [9.17, 15) is 36.0 Å². The first-order chi connectivity index (χ1) is 16.8. The lowest BCUT2D eigenvalue weighted by Gasteiger charge is -2.17. The molecular weight excluding hydrogens is 529 g/mol. The van der Waals surface area contributed by atoms with E-state index in [1.807, 2.05) is 0 Å². The monoisotopic (exact) mass is 554 g/mol. The van der Waals surface area contributed by atoms with E-state index in [-0.39, 0.29) is 11.4 Å². The van der Waals surface area contributed by atoms with Crippen molar-refractivity contribution in [3.05, 3.63) is 35.3 Å². The molecule has 0 fully saturated rings. The molecule has 17 heteroatoms. The van der Waals surface area contributed by atoms with Crippen LogP contribution >= 0.6 is 0 Å². The number of halogens is 3. The summed E-state index contributed by atoms with van der Waals surface area (Å²) in [5.74, 6) is -2.67. The van der Waals surface area contributed by atoms with Crippen LogP contribution in [0.25, 0.3) is 6.08 Å². The van der Waals surface area contributed by atoms with Crippen LogP contribution in [0.2, 0.25) is 0 Å². The Hall–Kier alpha value is -3.89. The smallest absolute Gasteiger partial charge is 0.464 e. The number of hydrogen-bond acceptors (Lipinski definition) is 11. The predicted molar refractivity (Wildman–Crippen MR) is 120 cm³/mol. The maximum Gasteiger partial charge on any atom is 0.534 e. The number of carbonyl (C=O) groups is 3. The van der Waals surface area contributed by atoms with E-state index in [1.54, 1.807) is 27.8 Å². The number of nitrogens with zero attached hydrogens (tertiary/aromatic N) is 4. The summed E-state index contributed by atoms with van der Waals surface area (Å²) in [5, 5.41) is 7.41. The number of carbonyl (C=O) groups excluding carboxylic acids is 3. The van der Waals surface area contributed by atoms with Gasteiger partial charge in [0, 0.05) is 26.2 Å². The quantitative estimate of drug-likeness (QED) is 0.169. The summed E-state index contributed by atoms with van der Waals surface area (Å²) in [6.45, 7) is 5.37. The molecule has 2 aromatic heterocycles. The Labute approximate surface area is 209 Å². The summed E-state index contributed by atoms with van der Waals surface area (Å²) in [4.78, 5) is 33.8. The lowest BCUT2D eigenvalue weighted by Crippen LogP contribution is -2.28. The van der Waals surface area contributed by atoms with Gasteiger partial charge >= 0.3 is 33.5 Å². The average Bonchev–Trinajstić information content (AvgIpc) is 3.31. The summed E-state index contributed by atoms with van der Waals surface area (Å²) < 4.78 is 77.5. The van der Waals surface area contributed by atoms with Gasteiger partial charge in [-0.05, 0) is 32.9 Å². The number of methoxy groups -OCH3 is 2. The van der Waals surface area contributed by atoms with E-state index < -0.39 is 45.0 Å². The lowest BCUT2D eigenvalue weighted by molar-refractivity contribution is -0.148. The molecule has 0 spiro atoms. The van der Waals surface area contributed by atoms with Gasteiger partial charge in [0.05, 0.1) is 19.9 Å². The van der Waals surface area contributed by atoms with Crippen LogP contribution in [-0.2, 0) is 43.2 Å². The summed E-state index contributed by atoms with van der Waals surface area (Å²) in [6, 6.07) is 2.25. The van der Waals surface area contributed by atoms with Crippen LogP contribution in [0.1, 0.15) is 47.4 Å². The third-order valence-corrected chi connectivity index (χ3v) is 4.77. The zero-order valence-corrected chi connectivity index (χ0v) is 21.6. The minimum atomic E-state index is -5.81. The molecule has 37 heavy (non-hydrogen) atoms. The molecule has 2 rings (SSSR count). The maximum atomic E-state index is 12.0. The van der Waals surface area contributed by atoms with Crippen LogP contribution in [0.5, 0.6) is 5.88 Å². The standard InChI is InChI=1S/C13H18N2O4.C7H7F3N2O5S/c1-13(2,3)19-11(16)7-6-9-8-10(12(17)18-5)14-15(9)4;1-12-5(3-4(11-12)6(13)16-2)17-18(14,15)7(8,9)10/h6-8H,1-5H3;3H,1-2H3/b7-6+;. The second-order valence-electron chi connectivity index (χ2n) is 7.90. The molecule has 0 aliphatic carbocycles. The molecule has 0 amide bonds. The van der Waals surface area contributed by atoms with E-state index in [0.29, 0.717) is 10.4 Å². The summed E-state index contributed by atoms with van der Waals surface area (Å²) in [6.07, 6.45) is 2.83. The first kappa shape index (κ1) is 31.1. The molecule has 2 heterocycles. The number of ether oxygens (including phenoxy) is 3. The van der Waals surface area contributed by atoms with E-state index in [1.165, 1.54) is 30.0 Å². The van der Waals surface area contributed by atoms with Crippen molar-refractivity contribution >= 4 is 34.1 Å². The van der Waals surface area contributed by atoms with Crippen molar-refractivity contribution in [1.82, 2.24) is 19.6 Å². The Morgan fingerprint density at radius 2 is 1.41 bits per heavy atom. The Morgan fingerprint density at radius 1 is 0.919 bits per heavy atom. The van der Waals surface area contributed by atoms with Crippen LogP contribution in [0.3, 0.4) is 0 Å². The normalized spacial score (nSPS) is 11.9. The van der Waals surface area contributed by atoms with Crippen LogP contribution in [-0.4, -0.2) is 71.2 Å². The largest absolute Gasteiger partial charge is 0.534 e. The second kappa shape index (κ2) is 11.9. The molecule has 13 nitrogen and oxygen atoms in total. The third-order valence-electron chi connectivity index (χ3n) is 3.82. The summed E-state index contributed by atoms with van der Waals surface area (Å²) in [5.41, 5.74) is -5.69. The predicted octanol–water partition coefficient (Wildman–Crippen LogP) is 2.00. The summed E-state index contributed by atoms with van der Waals surface area (Å²) in [7, 11) is -0.716. The van der Waals surface area contributed by atoms with Gasteiger partial charge in [-0.2, -0.15) is 31.8 Å². The molecular formula is C20H25F3N4O9S. The van der Waals surface area contributed by atoms with Gasteiger partial charge in [-0.3, -0.25) is 4.68 Å². The van der Waals surface area contributed by atoms with Crippen LogP contribution in [0.4, 0.5) is 13.2 Å². The van der Waals surface area contributed by atoms with Crippen LogP contribution in [0.15, 0.2) is 18.2 Å². The van der Waals surface area contributed by atoms with Crippen molar-refractivity contribution in [3.8, 4) is 5.88 Å². The van der Waals surface area contributed by atoms with Crippen LogP contribution in [0, 0.1) is 0 Å². The number of hydrogen-bond donors (Lipinski definition) is 0. The third kappa shape index (κ3) is 9.25. The van der Waals surface area contributed by atoms with E-state index in [0.717, 1.165) is 20.2 Å². The SMILES string of the molecule is COC(=O)c1cc(/C=C/C(=O)OC(C)(C)C)n(C)n1.COC(=O)c1cc(OS(=O)(=O)C(F)(F)F)n(C)n1. The molecule has 0 radical (unpaired) electrons.